The largest absolute Gasteiger partial charge is 0.417 e. The van der Waals surface area contributed by atoms with Crippen LogP contribution in [-0.4, -0.2) is 35.4 Å². The van der Waals surface area contributed by atoms with Crippen molar-refractivity contribution in [3.8, 4) is 0 Å². The summed E-state index contributed by atoms with van der Waals surface area (Å²) in [6.45, 7) is 3.50. The van der Waals surface area contributed by atoms with Crippen LogP contribution in [0.15, 0.2) is 41.9 Å². The van der Waals surface area contributed by atoms with Crippen molar-refractivity contribution in [1.82, 2.24) is 15.3 Å². The van der Waals surface area contributed by atoms with Crippen molar-refractivity contribution < 1.29 is 22.4 Å². The minimum atomic E-state index is -4.68. The lowest BCUT2D eigenvalue weighted by Gasteiger charge is -2.38. The van der Waals surface area contributed by atoms with E-state index in [4.69, 9.17) is 17.3 Å². The summed E-state index contributed by atoms with van der Waals surface area (Å²) < 4.78 is 53.2. The van der Waals surface area contributed by atoms with Crippen LogP contribution in [0, 0.1) is 12.7 Å². The second-order valence-corrected chi connectivity index (χ2v) is 7.78. The monoisotopic (exact) mass is 471 g/mol. The SMILES string of the molecule is CNN(C1=C(N)[C@@H](C)N(C(=O)c2ccc(Cl)c(C(F)(F)F)c2)CC1)c1cc(C)c(F)cn1. The summed E-state index contributed by atoms with van der Waals surface area (Å²) in [6, 6.07) is 4.02. The molecule has 0 radical (unpaired) electrons. The number of carbonyl (C=O) groups excluding carboxylic acids is 1. The van der Waals surface area contributed by atoms with Crippen molar-refractivity contribution in [3.63, 3.8) is 0 Å². The minimum absolute atomic E-state index is 0.133. The topological polar surface area (TPSA) is 74.5 Å². The van der Waals surface area contributed by atoms with Crippen LogP contribution in [0.1, 0.15) is 34.8 Å². The third-order valence-corrected chi connectivity index (χ3v) is 5.70. The predicted molar refractivity (Wildman–Crippen MR) is 113 cm³/mol. The Morgan fingerprint density at radius 1 is 1.34 bits per heavy atom. The van der Waals surface area contributed by atoms with Gasteiger partial charge in [-0.1, -0.05) is 11.6 Å². The fourth-order valence-corrected chi connectivity index (χ4v) is 3.79. The fourth-order valence-electron chi connectivity index (χ4n) is 3.57. The molecule has 32 heavy (non-hydrogen) atoms. The molecule has 1 atom stereocenters. The van der Waals surface area contributed by atoms with Crippen molar-refractivity contribution in [2.45, 2.75) is 32.5 Å². The molecule has 6 nitrogen and oxygen atoms in total. The molecular formula is C21H22ClF4N5O. The molecule has 2 heterocycles. The number of hydrogen-bond donors (Lipinski definition) is 2. The Bertz CT molecular complexity index is 1070. The number of benzene rings is 1. The standard InChI is InChI=1S/C21H22ClF4N5O/c1-11-8-18(29-10-16(11)23)31(28-3)17-6-7-30(12(2)19(17)27)20(32)13-4-5-15(22)14(9-13)21(24,25)26/h4-5,8-10,12,28H,6-7,27H2,1-3H3/t12-/m1/s1. The van der Waals surface area contributed by atoms with E-state index >= 15 is 0 Å². The number of aromatic nitrogens is 1. The summed E-state index contributed by atoms with van der Waals surface area (Å²) in [5.41, 5.74) is 9.47. The second kappa shape index (κ2) is 8.95. The molecule has 1 amide bonds. The van der Waals surface area contributed by atoms with E-state index in [9.17, 15) is 22.4 Å². The number of nitrogens with one attached hydrogen (secondary N) is 1. The van der Waals surface area contributed by atoms with Crippen molar-refractivity contribution in [3.05, 3.63) is 69.4 Å². The first-order valence-corrected chi connectivity index (χ1v) is 10.1. The highest BCUT2D eigenvalue weighted by molar-refractivity contribution is 6.31. The molecule has 0 fully saturated rings. The fraction of sp³-hybridized carbons (Fsp3) is 0.333. The van der Waals surface area contributed by atoms with Gasteiger partial charge in [0.1, 0.15) is 11.6 Å². The molecule has 172 valence electrons. The molecule has 0 saturated heterocycles. The average Bonchev–Trinajstić information content (AvgIpc) is 2.73. The van der Waals surface area contributed by atoms with E-state index in [-0.39, 0.29) is 12.1 Å². The van der Waals surface area contributed by atoms with E-state index < -0.39 is 34.5 Å². The number of carbonyl (C=O) groups is 1. The van der Waals surface area contributed by atoms with Gasteiger partial charge in [0.25, 0.3) is 5.91 Å². The minimum Gasteiger partial charge on any atom is -0.399 e. The van der Waals surface area contributed by atoms with Gasteiger partial charge in [-0.15, -0.1) is 0 Å². The first kappa shape index (κ1) is 23.8. The van der Waals surface area contributed by atoms with Crippen LogP contribution in [0.3, 0.4) is 0 Å². The third kappa shape index (κ3) is 4.51. The van der Waals surface area contributed by atoms with Gasteiger partial charge in [0.2, 0.25) is 0 Å². The number of hydrogen-bond acceptors (Lipinski definition) is 5. The first-order valence-electron chi connectivity index (χ1n) is 9.71. The highest BCUT2D eigenvalue weighted by Crippen LogP contribution is 2.36. The van der Waals surface area contributed by atoms with Crippen molar-refractivity contribution >= 4 is 23.3 Å². The van der Waals surface area contributed by atoms with Crippen LogP contribution in [0.4, 0.5) is 23.4 Å². The number of anilines is 1. The Morgan fingerprint density at radius 3 is 2.62 bits per heavy atom. The number of nitrogens with zero attached hydrogens (tertiary/aromatic N) is 3. The average molecular weight is 472 g/mol. The Kier molecular flexibility index (Phi) is 6.66. The summed E-state index contributed by atoms with van der Waals surface area (Å²) in [4.78, 5) is 18.5. The zero-order valence-corrected chi connectivity index (χ0v) is 18.4. The number of alkyl halides is 3. The molecule has 1 aromatic heterocycles. The van der Waals surface area contributed by atoms with E-state index in [0.29, 0.717) is 29.2 Å². The van der Waals surface area contributed by atoms with Gasteiger partial charge in [0.05, 0.1) is 34.2 Å². The summed E-state index contributed by atoms with van der Waals surface area (Å²) in [6.07, 6.45) is -3.27. The second-order valence-electron chi connectivity index (χ2n) is 7.37. The molecule has 3 rings (SSSR count). The molecule has 11 heteroatoms. The van der Waals surface area contributed by atoms with E-state index in [0.717, 1.165) is 18.3 Å². The zero-order valence-electron chi connectivity index (χ0n) is 17.6. The Labute approximate surface area is 187 Å². The number of amides is 1. The third-order valence-electron chi connectivity index (χ3n) is 5.38. The molecule has 1 aliphatic rings. The van der Waals surface area contributed by atoms with Crippen molar-refractivity contribution in [2.75, 3.05) is 18.6 Å². The number of nitrogens with two attached hydrogens (primary N) is 1. The summed E-state index contributed by atoms with van der Waals surface area (Å²) in [5, 5.41) is 1.12. The summed E-state index contributed by atoms with van der Waals surface area (Å²) in [5.74, 6) is -0.612. The highest BCUT2D eigenvalue weighted by Gasteiger charge is 2.36. The molecule has 0 spiro atoms. The first-order chi connectivity index (χ1) is 15.0. The smallest absolute Gasteiger partial charge is 0.399 e. The lowest BCUT2D eigenvalue weighted by Crippen LogP contribution is -2.49. The zero-order chi connectivity index (χ0) is 23.8. The normalized spacial score (nSPS) is 17.0. The van der Waals surface area contributed by atoms with Gasteiger partial charge in [-0.2, -0.15) is 13.2 Å². The van der Waals surface area contributed by atoms with Crippen LogP contribution < -0.4 is 16.2 Å². The lowest BCUT2D eigenvalue weighted by atomic mass is 10.0. The lowest BCUT2D eigenvalue weighted by molar-refractivity contribution is -0.137. The predicted octanol–water partition coefficient (Wildman–Crippen LogP) is 4.25. The van der Waals surface area contributed by atoms with E-state index in [2.05, 4.69) is 10.4 Å². The Hall–Kier alpha value is -2.85. The van der Waals surface area contributed by atoms with Crippen LogP contribution in [0.25, 0.3) is 0 Å². The molecule has 0 unspecified atom stereocenters. The molecule has 0 aliphatic carbocycles. The highest BCUT2D eigenvalue weighted by atomic mass is 35.5. The van der Waals surface area contributed by atoms with E-state index in [1.54, 1.807) is 32.0 Å². The molecule has 0 bridgehead atoms. The van der Waals surface area contributed by atoms with Gasteiger partial charge in [-0.25, -0.2) is 14.8 Å². The number of rotatable bonds is 4. The quantitative estimate of drug-likeness (QED) is 0.515. The molecule has 1 aromatic carbocycles. The number of hydrazine groups is 1. The van der Waals surface area contributed by atoms with E-state index in [1.807, 2.05) is 0 Å². The maximum absolute atomic E-state index is 13.6. The Morgan fingerprint density at radius 2 is 2.03 bits per heavy atom. The maximum atomic E-state index is 13.6. The van der Waals surface area contributed by atoms with Crippen molar-refractivity contribution in [1.29, 1.82) is 0 Å². The van der Waals surface area contributed by atoms with Crippen molar-refractivity contribution in [2.24, 2.45) is 5.73 Å². The van der Waals surface area contributed by atoms with Gasteiger partial charge in [0, 0.05) is 25.6 Å². The van der Waals surface area contributed by atoms with Crippen LogP contribution in [0.2, 0.25) is 5.02 Å². The van der Waals surface area contributed by atoms with Crippen LogP contribution in [0.5, 0.6) is 0 Å². The molecule has 0 saturated carbocycles. The molecular weight excluding hydrogens is 450 g/mol. The van der Waals surface area contributed by atoms with Gasteiger partial charge >= 0.3 is 6.18 Å². The Balaban J connectivity index is 1.91. The maximum Gasteiger partial charge on any atom is 0.417 e. The van der Waals surface area contributed by atoms with Gasteiger partial charge in [-0.05, 0) is 43.7 Å². The van der Waals surface area contributed by atoms with Crippen LogP contribution >= 0.6 is 11.6 Å². The number of aryl methyl sites for hydroxylation is 1. The number of pyridine rings is 1. The van der Waals surface area contributed by atoms with Gasteiger partial charge < -0.3 is 10.6 Å². The van der Waals surface area contributed by atoms with Gasteiger partial charge in [-0.3, -0.25) is 9.80 Å². The summed E-state index contributed by atoms with van der Waals surface area (Å²) >= 11 is 5.66. The summed E-state index contributed by atoms with van der Waals surface area (Å²) in [7, 11) is 1.65. The molecule has 3 N–H and O–H groups in total. The number of halogens is 5. The van der Waals surface area contributed by atoms with E-state index in [1.165, 1.54) is 11.0 Å². The molecule has 2 aromatic rings. The van der Waals surface area contributed by atoms with Crippen LogP contribution in [-0.2, 0) is 6.18 Å². The molecule has 1 aliphatic heterocycles. The van der Waals surface area contributed by atoms with Gasteiger partial charge in [0.15, 0.2) is 0 Å².